The van der Waals surface area contributed by atoms with Crippen LogP contribution in [-0.2, 0) is 4.79 Å². The monoisotopic (exact) mass is 300 g/mol. The van der Waals surface area contributed by atoms with Crippen molar-refractivity contribution >= 4 is 33.5 Å². The fraction of sp³-hybridized carbons (Fsp3) is 0.273. The van der Waals surface area contributed by atoms with Crippen LogP contribution in [-0.4, -0.2) is 30.6 Å². The van der Waals surface area contributed by atoms with Gasteiger partial charge in [-0.2, -0.15) is 0 Å². The van der Waals surface area contributed by atoms with Gasteiger partial charge in [-0.3, -0.25) is 4.79 Å². The van der Waals surface area contributed by atoms with Crippen LogP contribution in [0.3, 0.4) is 0 Å². The number of halogens is 1. The second kappa shape index (κ2) is 6.36. The van der Waals surface area contributed by atoms with Gasteiger partial charge in [0.2, 0.25) is 5.91 Å². The largest absolute Gasteiger partial charge is 0.478 e. The third-order valence-corrected chi connectivity index (χ3v) is 2.78. The van der Waals surface area contributed by atoms with Gasteiger partial charge in [0.1, 0.15) is 0 Å². The maximum atomic E-state index is 11.5. The summed E-state index contributed by atoms with van der Waals surface area (Å²) in [6, 6.07) is 4.48. The van der Waals surface area contributed by atoms with E-state index in [2.05, 4.69) is 26.6 Å². The van der Waals surface area contributed by atoms with E-state index in [1.54, 1.807) is 13.1 Å². The molecule has 1 rings (SSSR count). The molecule has 0 aliphatic rings. The molecule has 0 fully saturated rings. The molecule has 17 heavy (non-hydrogen) atoms. The molecule has 0 aliphatic heterocycles. The first-order valence-electron chi connectivity index (χ1n) is 5.02. The molecule has 0 saturated heterocycles. The third kappa shape index (κ3) is 4.16. The van der Waals surface area contributed by atoms with E-state index in [-0.39, 0.29) is 11.5 Å². The molecule has 0 spiro atoms. The second-order valence-corrected chi connectivity index (χ2v) is 4.26. The summed E-state index contributed by atoms with van der Waals surface area (Å²) in [6.07, 6.45) is 0.334. The highest BCUT2D eigenvalue weighted by molar-refractivity contribution is 9.10. The van der Waals surface area contributed by atoms with Crippen molar-refractivity contribution in [2.45, 2.75) is 6.42 Å². The first-order chi connectivity index (χ1) is 8.04. The van der Waals surface area contributed by atoms with Gasteiger partial charge in [0, 0.05) is 17.4 Å². The molecule has 0 aliphatic carbocycles. The van der Waals surface area contributed by atoms with Gasteiger partial charge in [-0.05, 0) is 41.2 Å². The smallest absolute Gasteiger partial charge is 0.335 e. The summed E-state index contributed by atoms with van der Waals surface area (Å²) in [7, 11) is 1.76. The maximum Gasteiger partial charge on any atom is 0.335 e. The van der Waals surface area contributed by atoms with Crippen molar-refractivity contribution in [2.24, 2.45) is 0 Å². The second-order valence-electron chi connectivity index (χ2n) is 3.40. The third-order valence-electron chi connectivity index (χ3n) is 2.09. The minimum Gasteiger partial charge on any atom is -0.478 e. The zero-order valence-corrected chi connectivity index (χ0v) is 10.9. The van der Waals surface area contributed by atoms with Gasteiger partial charge >= 0.3 is 5.97 Å². The van der Waals surface area contributed by atoms with Crippen LogP contribution in [0.15, 0.2) is 22.7 Å². The number of anilines is 1. The molecule has 0 unspecified atom stereocenters. The quantitative estimate of drug-likeness (QED) is 0.773. The van der Waals surface area contributed by atoms with Gasteiger partial charge in [-0.25, -0.2) is 4.79 Å². The number of carboxylic acid groups (broad SMARTS) is 1. The summed E-state index contributed by atoms with van der Waals surface area (Å²) in [5, 5.41) is 14.4. The highest BCUT2D eigenvalue weighted by Crippen LogP contribution is 2.23. The normalized spacial score (nSPS) is 10.0. The number of carbonyl (C=O) groups excluding carboxylic acids is 1. The van der Waals surface area contributed by atoms with E-state index < -0.39 is 5.97 Å². The molecule has 0 heterocycles. The van der Waals surface area contributed by atoms with E-state index in [9.17, 15) is 9.59 Å². The zero-order chi connectivity index (χ0) is 12.8. The molecule has 0 atom stereocenters. The fourth-order valence-electron chi connectivity index (χ4n) is 1.21. The molecular formula is C11H13BrN2O3. The summed E-state index contributed by atoms with van der Waals surface area (Å²) in [5.74, 6) is -1.19. The molecule has 0 aromatic heterocycles. The molecule has 1 aromatic carbocycles. The highest BCUT2D eigenvalue weighted by Gasteiger charge is 2.09. The number of carbonyl (C=O) groups is 2. The average Bonchev–Trinajstić information content (AvgIpc) is 2.29. The summed E-state index contributed by atoms with van der Waals surface area (Å²) >= 11 is 3.25. The molecule has 0 saturated carbocycles. The van der Waals surface area contributed by atoms with Crippen LogP contribution < -0.4 is 10.6 Å². The number of hydrogen-bond donors (Lipinski definition) is 3. The Balaban J connectivity index is 2.79. The van der Waals surface area contributed by atoms with Gasteiger partial charge in [0.25, 0.3) is 0 Å². The van der Waals surface area contributed by atoms with Crippen LogP contribution in [0.4, 0.5) is 5.69 Å². The van der Waals surface area contributed by atoms with Gasteiger partial charge in [-0.15, -0.1) is 0 Å². The van der Waals surface area contributed by atoms with E-state index in [0.29, 0.717) is 23.1 Å². The zero-order valence-electron chi connectivity index (χ0n) is 9.29. The number of amides is 1. The predicted octanol–water partition coefficient (Wildman–Crippen LogP) is 1.70. The van der Waals surface area contributed by atoms with Gasteiger partial charge in [0.15, 0.2) is 0 Å². The molecule has 6 heteroatoms. The van der Waals surface area contributed by atoms with Gasteiger partial charge in [0.05, 0.1) is 11.3 Å². The molecule has 3 N–H and O–H groups in total. The molecule has 1 amide bonds. The lowest BCUT2D eigenvalue weighted by Crippen LogP contribution is -2.19. The number of nitrogens with one attached hydrogen (secondary N) is 2. The number of aromatic carboxylic acids is 1. The Hall–Kier alpha value is -1.40. The van der Waals surface area contributed by atoms with Crippen LogP contribution in [0.1, 0.15) is 16.8 Å². The lowest BCUT2D eigenvalue weighted by Gasteiger charge is -2.08. The highest BCUT2D eigenvalue weighted by atomic mass is 79.9. The van der Waals surface area contributed by atoms with Crippen molar-refractivity contribution in [2.75, 3.05) is 18.9 Å². The summed E-state index contributed by atoms with van der Waals surface area (Å²) < 4.78 is 0.653. The Labute approximate surface area is 107 Å². The fourth-order valence-corrected chi connectivity index (χ4v) is 1.55. The minimum absolute atomic E-state index is 0.136. The van der Waals surface area contributed by atoms with E-state index in [0.717, 1.165) is 0 Å². The van der Waals surface area contributed by atoms with Crippen molar-refractivity contribution in [1.29, 1.82) is 0 Å². The summed E-state index contributed by atoms with van der Waals surface area (Å²) in [5.41, 5.74) is 0.600. The van der Waals surface area contributed by atoms with E-state index >= 15 is 0 Å². The number of benzene rings is 1. The minimum atomic E-state index is -1.02. The van der Waals surface area contributed by atoms with Crippen LogP contribution in [0.25, 0.3) is 0 Å². The van der Waals surface area contributed by atoms with Gasteiger partial charge in [-0.1, -0.05) is 0 Å². The first kappa shape index (κ1) is 13.7. The Kier molecular flexibility index (Phi) is 5.11. The van der Waals surface area contributed by atoms with Gasteiger partial charge < -0.3 is 15.7 Å². The molecule has 92 valence electrons. The van der Waals surface area contributed by atoms with E-state index in [4.69, 9.17) is 5.11 Å². The SMILES string of the molecule is CNCCC(=O)Nc1cc(C(=O)O)ccc1Br. The van der Waals surface area contributed by atoms with Crippen molar-refractivity contribution in [3.63, 3.8) is 0 Å². The molecular weight excluding hydrogens is 288 g/mol. The molecule has 0 radical (unpaired) electrons. The molecule has 1 aromatic rings. The molecule has 0 bridgehead atoms. The van der Waals surface area contributed by atoms with Crippen LogP contribution in [0.2, 0.25) is 0 Å². The van der Waals surface area contributed by atoms with Crippen molar-refractivity contribution in [3.8, 4) is 0 Å². The topological polar surface area (TPSA) is 78.4 Å². The predicted molar refractivity (Wildman–Crippen MR) is 68.3 cm³/mol. The molecule has 5 nitrogen and oxygen atoms in total. The maximum absolute atomic E-state index is 11.5. The lowest BCUT2D eigenvalue weighted by molar-refractivity contribution is -0.116. The Bertz CT molecular complexity index is 435. The van der Waals surface area contributed by atoms with Crippen LogP contribution >= 0.6 is 15.9 Å². The Morgan fingerprint density at radius 1 is 1.41 bits per heavy atom. The van der Waals surface area contributed by atoms with E-state index in [1.165, 1.54) is 12.1 Å². The number of carboxylic acids is 1. The Morgan fingerprint density at radius 2 is 2.12 bits per heavy atom. The standard InChI is InChI=1S/C11H13BrN2O3/c1-13-5-4-10(15)14-9-6-7(11(16)17)2-3-8(9)12/h2-3,6,13H,4-5H2,1H3,(H,14,15)(H,16,17). The van der Waals surface area contributed by atoms with E-state index in [1.807, 2.05) is 0 Å². The summed E-state index contributed by atoms with van der Waals surface area (Å²) in [6.45, 7) is 0.572. The van der Waals surface area contributed by atoms with Crippen molar-refractivity contribution in [3.05, 3.63) is 28.2 Å². The Morgan fingerprint density at radius 3 is 2.71 bits per heavy atom. The van der Waals surface area contributed by atoms with Crippen molar-refractivity contribution < 1.29 is 14.7 Å². The van der Waals surface area contributed by atoms with Crippen LogP contribution in [0, 0.1) is 0 Å². The number of rotatable bonds is 5. The van der Waals surface area contributed by atoms with Crippen LogP contribution in [0.5, 0.6) is 0 Å². The first-order valence-corrected chi connectivity index (χ1v) is 5.81. The average molecular weight is 301 g/mol. The summed E-state index contributed by atoms with van der Waals surface area (Å²) in [4.78, 5) is 22.3. The number of hydrogen-bond acceptors (Lipinski definition) is 3. The lowest BCUT2D eigenvalue weighted by atomic mass is 10.2. The van der Waals surface area contributed by atoms with Crippen molar-refractivity contribution in [1.82, 2.24) is 5.32 Å².